The van der Waals surface area contributed by atoms with Crippen LogP contribution in [0.5, 0.6) is 0 Å². The van der Waals surface area contributed by atoms with Gasteiger partial charge < -0.3 is 20.2 Å². The van der Waals surface area contributed by atoms with Crippen molar-refractivity contribution >= 4 is 0 Å². The zero-order valence-corrected chi connectivity index (χ0v) is 13.7. The van der Waals surface area contributed by atoms with Gasteiger partial charge in [-0.1, -0.05) is 13.8 Å². The fourth-order valence-electron chi connectivity index (χ4n) is 4.11. The molecular weight excluding hydrogens is 250 g/mol. The van der Waals surface area contributed by atoms with Crippen molar-refractivity contribution in [1.29, 1.82) is 0 Å². The first-order chi connectivity index (χ1) is 9.46. The molecule has 118 valence electrons. The quantitative estimate of drug-likeness (QED) is 0.797. The Labute approximate surface area is 124 Å². The number of aliphatic hydroxyl groups is 1. The van der Waals surface area contributed by atoms with E-state index < -0.39 is 0 Å². The second-order valence-electron chi connectivity index (χ2n) is 7.36. The molecule has 0 aromatic heterocycles. The third-order valence-corrected chi connectivity index (χ3v) is 5.23. The highest BCUT2D eigenvalue weighted by Crippen LogP contribution is 2.34. The van der Waals surface area contributed by atoms with Gasteiger partial charge >= 0.3 is 0 Å². The first-order valence-corrected chi connectivity index (χ1v) is 8.25. The van der Waals surface area contributed by atoms with Crippen molar-refractivity contribution in [3.63, 3.8) is 0 Å². The lowest BCUT2D eigenvalue weighted by Gasteiger charge is -2.39. The largest absolute Gasteiger partial charge is 0.394 e. The second kappa shape index (κ2) is 6.73. The number of piperidine rings is 1. The minimum Gasteiger partial charge on any atom is -0.394 e. The predicted octanol–water partition coefficient (Wildman–Crippen LogP) is 1.29. The number of nitrogens with zero attached hydrogens (tertiary/aromatic N) is 2. The van der Waals surface area contributed by atoms with Crippen LogP contribution in [0.4, 0.5) is 0 Å². The molecule has 0 amide bonds. The average molecular weight is 283 g/mol. The minimum absolute atomic E-state index is 0.0305. The first kappa shape index (κ1) is 16.2. The Hall–Kier alpha value is -0.160. The molecule has 0 spiro atoms. The molecule has 2 fully saturated rings. The van der Waals surface area contributed by atoms with E-state index in [0.717, 1.165) is 18.9 Å². The Bertz CT molecular complexity index is 300. The van der Waals surface area contributed by atoms with E-state index in [1.165, 1.54) is 32.4 Å². The summed E-state index contributed by atoms with van der Waals surface area (Å²) in [5, 5.41) is 13.4. The lowest BCUT2D eigenvalue weighted by Crippen LogP contribution is -2.52. The number of likely N-dealkylation sites (tertiary alicyclic amines) is 1. The molecule has 0 aromatic rings. The highest BCUT2D eigenvalue weighted by atomic mass is 16.3. The number of nitrogens with one attached hydrogen (secondary N) is 1. The Balaban J connectivity index is 1.87. The molecule has 20 heavy (non-hydrogen) atoms. The molecule has 0 radical (unpaired) electrons. The van der Waals surface area contributed by atoms with Crippen LogP contribution in [0.3, 0.4) is 0 Å². The van der Waals surface area contributed by atoms with Crippen LogP contribution in [-0.2, 0) is 0 Å². The smallest absolute Gasteiger partial charge is 0.0614 e. The van der Waals surface area contributed by atoms with Gasteiger partial charge in [-0.15, -0.1) is 0 Å². The summed E-state index contributed by atoms with van der Waals surface area (Å²) in [5.74, 6) is 0. The summed E-state index contributed by atoms with van der Waals surface area (Å²) in [7, 11) is 4.39. The highest BCUT2D eigenvalue weighted by molar-refractivity contribution is 5.00. The second-order valence-corrected chi connectivity index (χ2v) is 7.36. The zero-order chi connectivity index (χ0) is 14.8. The van der Waals surface area contributed by atoms with Crippen molar-refractivity contribution in [3.8, 4) is 0 Å². The van der Waals surface area contributed by atoms with Crippen molar-refractivity contribution < 1.29 is 5.11 Å². The van der Waals surface area contributed by atoms with Crippen molar-refractivity contribution in [2.45, 2.75) is 69.6 Å². The van der Waals surface area contributed by atoms with Crippen LogP contribution in [0.1, 0.15) is 46.0 Å². The normalized spacial score (nSPS) is 33.5. The van der Waals surface area contributed by atoms with E-state index in [1.54, 1.807) is 0 Å². The fourth-order valence-corrected chi connectivity index (χ4v) is 4.11. The van der Waals surface area contributed by atoms with Gasteiger partial charge in [0.1, 0.15) is 0 Å². The molecule has 4 heteroatoms. The summed E-state index contributed by atoms with van der Waals surface area (Å²) in [6.07, 6.45) is 6.02. The van der Waals surface area contributed by atoms with Gasteiger partial charge in [-0.3, -0.25) is 0 Å². The van der Waals surface area contributed by atoms with Crippen molar-refractivity contribution in [2.75, 3.05) is 33.8 Å². The van der Waals surface area contributed by atoms with Gasteiger partial charge in [0.2, 0.25) is 0 Å². The van der Waals surface area contributed by atoms with Gasteiger partial charge in [0.05, 0.1) is 6.61 Å². The van der Waals surface area contributed by atoms with Crippen molar-refractivity contribution in [2.24, 2.45) is 0 Å². The van der Waals surface area contributed by atoms with Gasteiger partial charge in [0, 0.05) is 23.7 Å². The molecule has 0 bridgehead atoms. The van der Waals surface area contributed by atoms with Crippen LogP contribution in [0.25, 0.3) is 0 Å². The highest BCUT2D eigenvalue weighted by Gasteiger charge is 2.41. The summed E-state index contributed by atoms with van der Waals surface area (Å²) >= 11 is 0. The maximum atomic E-state index is 9.81. The summed E-state index contributed by atoms with van der Waals surface area (Å²) in [6, 6.07) is 1.86. The molecule has 1 saturated heterocycles. The molecule has 2 atom stereocenters. The Morgan fingerprint density at radius 3 is 2.40 bits per heavy atom. The maximum absolute atomic E-state index is 9.81. The SMILES string of the molecule is CC(C)NC1(CO)CCC(N2CCC(N(C)C)CC2)C1. The Morgan fingerprint density at radius 1 is 1.25 bits per heavy atom. The molecule has 4 nitrogen and oxygen atoms in total. The van der Waals surface area contributed by atoms with Crippen LogP contribution < -0.4 is 5.32 Å². The Morgan fingerprint density at radius 2 is 1.90 bits per heavy atom. The number of aliphatic hydroxyl groups excluding tert-OH is 1. The van der Waals surface area contributed by atoms with Crippen molar-refractivity contribution in [3.05, 3.63) is 0 Å². The van der Waals surface area contributed by atoms with Crippen LogP contribution in [0.2, 0.25) is 0 Å². The summed E-state index contributed by atoms with van der Waals surface area (Å²) < 4.78 is 0. The third-order valence-electron chi connectivity index (χ3n) is 5.23. The third kappa shape index (κ3) is 3.73. The van der Waals surface area contributed by atoms with Gasteiger partial charge in [0.25, 0.3) is 0 Å². The monoisotopic (exact) mass is 283 g/mol. The van der Waals surface area contributed by atoms with Crippen molar-refractivity contribution in [1.82, 2.24) is 15.1 Å². The van der Waals surface area contributed by atoms with E-state index in [1.807, 2.05) is 0 Å². The molecule has 1 heterocycles. The first-order valence-electron chi connectivity index (χ1n) is 8.25. The number of hydrogen-bond acceptors (Lipinski definition) is 4. The van der Waals surface area contributed by atoms with Gasteiger partial charge in [-0.2, -0.15) is 0 Å². The summed E-state index contributed by atoms with van der Waals surface area (Å²) in [5.41, 5.74) is -0.0305. The summed E-state index contributed by atoms with van der Waals surface area (Å²) in [4.78, 5) is 5.03. The number of rotatable bonds is 5. The van der Waals surface area contributed by atoms with E-state index in [4.69, 9.17) is 0 Å². The number of hydrogen-bond donors (Lipinski definition) is 2. The zero-order valence-electron chi connectivity index (χ0n) is 13.7. The lowest BCUT2D eigenvalue weighted by atomic mass is 9.96. The predicted molar refractivity (Wildman–Crippen MR) is 84.0 cm³/mol. The van der Waals surface area contributed by atoms with Crippen LogP contribution >= 0.6 is 0 Å². The Kier molecular flexibility index (Phi) is 5.46. The molecule has 1 aliphatic carbocycles. The minimum atomic E-state index is -0.0305. The molecule has 1 saturated carbocycles. The summed E-state index contributed by atoms with van der Waals surface area (Å²) in [6.45, 7) is 7.06. The van der Waals surface area contributed by atoms with Gasteiger partial charge in [-0.05, 0) is 59.3 Å². The molecule has 2 unspecified atom stereocenters. The lowest BCUT2D eigenvalue weighted by molar-refractivity contribution is 0.0966. The molecular formula is C16H33N3O. The van der Waals surface area contributed by atoms with E-state index in [2.05, 4.69) is 43.1 Å². The van der Waals surface area contributed by atoms with E-state index >= 15 is 0 Å². The van der Waals surface area contributed by atoms with E-state index in [0.29, 0.717) is 12.1 Å². The van der Waals surface area contributed by atoms with Crippen LogP contribution in [-0.4, -0.2) is 72.4 Å². The molecule has 0 aromatic carbocycles. The van der Waals surface area contributed by atoms with E-state index in [9.17, 15) is 5.11 Å². The van der Waals surface area contributed by atoms with Gasteiger partial charge in [-0.25, -0.2) is 0 Å². The van der Waals surface area contributed by atoms with Gasteiger partial charge in [0.15, 0.2) is 0 Å². The van der Waals surface area contributed by atoms with Crippen LogP contribution in [0, 0.1) is 0 Å². The topological polar surface area (TPSA) is 38.7 Å². The molecule has 2 rings (SSSR count). The van der Waals surface area contributed by atoms with Crippen LogP contribution in [0.15, 0.2) is 0 Å². The maximum Gasteiger partial charge on any atom is 0.0614 e. The average Bonchev–Trinajstić information content (AvgIpc) is 2.83. The molecule has 1 aliphatic heterocycles. The van der Waals surface area contributed by atoms with E-state index in [-0.39, 0.29) is 12.1 Å². The standard InChI is InChI=1S/C16H33N3O/c1-13(2)17-16(12-20)8-5-15(11-16)19-9-6-14(7-10-19)18(3)4/h13-15,17,20H,5-12H2,1-4H3. The molecule has 2 N–H and O–H groups in total. The molecule has 2 aliphatic rings. The fraction of sp³-hybridized carbons (Fsp3) is 1.00.